The summed E-state index contributed by atoms with van der Waals surface area (Å²) in [4.78, 5) is 24.5. The van der Waals surface area contributed by atoms with E-state index in [2.05, 4.69) is 5.32 Å². The third-order valence-electron chi connectivity index (χ3n) is 3.59. The largest absolute Gasteiger partial charge is 0.338 e. The molecule has 116 valence electrons. The van der Waals surface area contributed by atoms with Gasteiger partial charge in [0.25, 0.3) is 11.6 Å². The number of rotatable bonds is 3. The normalized spacial score (nSPS) is 15.4. The first kappa shape index (κ1) is 17.7. The summed E-state index contributed by atoms with van der Waals surface area (Å²) in [6, 6.07) is 4.67. The van der Waals surface area contributed by atoms with Crippen LogP contribution < -0.4 is 5.32 Å². The second-order valence-corrected chi connectivity index (χ2v) is 5.15. The smallest absolute Gasteiger partial charge is 0.283 e. The molecule has 8 heteroatoms. The molecule has 0 aliphatic carbocycles. The molecule has 1 aliphatic heterocycles. The SMILES string of the molecule is CNC1CCN(C(=O)c2c(Cl)cccc2[N+](=O)[O-])CC1.Cl. The van der Waals surface area contributed by atoms with Crippen molar-refractivity contribution in [1.29, 1.82) is 0 Å². The molecule has 0 radical (unpaired) electrons. The van der Waals surface area contributed by atoms with E-state index in [0.717, 1.165) is 12.8 Å². The van der Waals surface area contributed by atoms with E-state index in [1.165, 1.54) is 18.2 Å². The Morgan fingerprint density at radius 2 is 2.05 bits per heavy atom. The highest BCUT2D eigenvalue weighted by Gasteiger charge is 2.29. The molecule has 6 nitrogen and oxygen atoms in total. The number of benzene rings is 1. The van der Waals surface area contributed by atoms with Crippen LogP contribution in [0.2, 0.25) is 5.02 Å². The molecule has 1 saturated heterocycles. The molecule has 1 N–H and O–H groups in total. The predicted octanol–water partition coefficient (Wildman–Crippen LogP) is 2.49. The van der Waals surface area contributed by atoms with E-state index >= 15 is 0 Å². The highest BCUT2D eigenvalue weighted by molar-refractivity contribution is 6.34. The van der Waals surface area contributed by atoms with E-state index in [0.29, 0.717) is 19.1 Å². The third-order valence-corrected chi connectivity index (χ3v) is 3.91. The molecule has 1 heterocycles. The first-order valence-corrected chi connectivity index (χ1v) is 6.82. The van der Waals surface area contributed by atoms with Crippen LogP contribution in [0.5, 0.6) is 0 Å². The molecule has 0 spiro atoms. The van der Waals surface area contributed by atoms with Crippen molar-refractivity contribution in [1.82, 2.24) is 10.2 Å². The van der Waals surface area contributed by atoms with Gasteiger partial charge < -0.3 is 10.2 Å². The van der Waals surface area contributed by atoms with Crippen molar-refractivity contribution in [3.8, 4) is 0 Å². The minimum Gasteiger partial charge on any atom is -0.338 e. The Kier molecular flexibility index (Phi) is 6.39. The summed E-state index contributed by atoms with van der Waals surface area (Å²) in [6.07, 6.45) is 1.67. The Hall–Kier alpha value is -1.37. The highest BCUT2D eigenvalue weighted by atomic mass is 35.5. The standard InChI is InChI=1S/C13H16ClN3O3.ClH/c1-15-9-5-7-16(8-6-9)13(18)12-10(14)3-2-4-11(12)17(19)20;/h2-4,9,15H,5-8H2,1H3;1H. The number of piperidine rings is 1. The first-order chi connectivity index (χ1) is 9.54. The maximum absolute atomic E-state index is 12.5. The summed E-state index contributed by atoms with van der Waals surface area (Å²) in [7, 11) is 1.89. The van der Waals surface area contributed by atoms with Crippen molar-refractivity contribution >= 4 is 35.6 Å². The lowest BCUT2D eigenvalue weighted by molar-refractivity contribution is -0.385. The van der Waals surface area contributed by atoms with Gasteiger partial charge in [0.1, 0.15) is 5.56 Å². The fourth-order valence-electron chi connectivity index (χ4n) is 2.41. The molecular weight excluding hydrogens is 317 g/mol. The molecule has 0 aromatic heterocycles. The van der Waals surface area contributed by atoms with Gasteiger partial charge in [-0.3, -0.25) is 14.9 Å². The van der Waals surface area contributed by atoms with Crippen LogP contribution in [-0.4, -0.2) is 41.9 Å². The molecule has 1 aromatic rings. The van der Waals surface area contributed by atoms with Gasteiger partial charge in [-0.05, 0) is 26.0 Å². The number of halogens is 2. The Balaban J connectivity index is 0.00000220. The summed E-state index contributed by atoms with van der Waals surface area (Å²) in [5, 5.41) is 14.3. The minimum atomic E-state index is -0.570. The summed E-state index contributed by atoms with van der Waals surface area (Å²) >= 11 is 5.98. The summed E-state index contributed by atoms with van der Waals surface area (Å²) in [5.41, 5.74) is -0.250. The van der Waals surface area contributed by atoms with Crippen LogP contribution in [0.4, 0.5) is 5.69 Å². The Labute approximate surface area is 134 Å². The van der Waals surface area contributed by atoms with E-state index in [1.807, 2.05) is 7.05 Å². The van der Waals surface area contributed by atoms with E-state index in [1.54, 1.807) is 4.90 Å². The lowest BCUT2D eigenvalue weighted by Gasteiger charge is -2.31. The number of amides is 1. The van der Waals surface area contributed by atoms with Crippen LogP contribution in [-0.2, 0) is 0 Å². The third kappa shape index (κ3) is 3.84. The number of nitro benzene ring substituents is 1. The van der Waals surface area contributed by atoms with Gasteiger partial charge in [0.05, 0.1) is 9.95 Å². The molecule has 2 rings (SSSR count). The first-order valence-electron chi connectivity index (χ1n) is 6.44. The zero-order valence-electron chi connectivity index (χ0n) is 11.5. The number of carbonyl (C=O) groups excluding carboxylic acids is 1. The lowest BCUT2D eigenvalue weighted by Crippen LogP contribution is -2.44. The fourth-order valence-corrected chi connectivity index (χ4v) is 2.66. The van der Waals surface area contributed by atoms with Crippen molar-refractivity contribution in [2.75, 3.05) is 20.1 Å². The van der Waals surface area contributed by atoms with Crippen molar-refractivity contribution < 1.29 is 9.72 Å². The average Bonchev–Trinajstić information content (AvgIpc) is 2.46. The maximum atomic E-state index is 12.5. The average molecular weight is 334 g/mol. The highest BCUT2D eigenvalue weighted by Crippen LogP contribution is 2.28. The van der Waals surface area contributed by atoms with Crippen LogP contribution in [0.25, 0.3) is 0 Å². The van der Waals surface area contributed by atoms with Gasteiger partial charge >= 0.3 is 0 Å². The zero-order chi connectivity index (χ0) is 14.7. The molecule has 21 heavy (non-hydrogen) atoms. The van der Waals surface area contributed by atoms with E-state index in [-0.39, 0.29) is 34.6 Å². The van der Waals surface area contributed by atoms with E-state index in [4.69, 9.17) is 11.6 Å². The van der Waals surface area contributed by atoms with Gasteiger partial charge in [-0.25, -0.2) is 0 Å². The lowest BCUT2D eigenvalue weighted by atomic mass is 10.0. The Morgan fingerprint density at radius 1 is 1.43 bits per heavy atom. The number of nitro groups is 1. The van der Waals surface area contributed by atoms with Crippen molar-refractivity contribution in [2.24, 2.45) is 0 Å². The number of hydrogen-bond donors (Lipinski definition) is 1. The van der Waals surface area contributed by atoms with Crippen LogP contribution in [0, 0.1) is 10.1 Å². The van der Waals surface area contributed by atoms with Crippen LogP contribution >= 0.6 is 24.0 Å². The van der Waals surface area contributed by atoms with Crippen LogP contribution in [0.15, 0.2) is 18.2 Å². The van der Waals surface area contributed by atoms with Gasteiger partial charge in [0.2, 0.25) is 0 Å². The minimum absolute atomic E-state index is 0. The molecule has 0 saturated carbocycles. The van der Waals surface area contributed by atoms with Gasteiger partial charge in [-0.1, -0.05) is 17.7 Å². The van der Waals surface area contributed by atoms with E-state index in [9.17, 15) is 14.9 Å². The summed E-state index contributed by atoms with van der Waals surface area (Å²) < 4.78 is 0. The van der Waals surface area contributed by atoms with Crippen molar-refractivity contribution in [2.45, 2.75) is 18.9 Å². The topological polar surface area (TPSA) is 75.5 Å². The number of nitrogens with zero attached hydrogens (tertiary/aromatic N) is 2. The molecule has 1 fully saturated rings. The molecular formula is C13H17Cl2N3O3. The number of hydrogen-bond acceptors (Lipinski definition) is 4. The second kappa shape index (κ2) is 7.59. The van der Waals surface area contributed by atoms with Crippen LogP contribution in [0.3, 0.4) is 0 Å². The number of likely N-dealkylation sites (tertiary alicyclic amines) is 1. The summed E-state index contributed by atoms with van der Waals surface area (Å²) in [5.74, 6) is -0.364. The number of nitrogens with one attached hydrogen (secondary N) is 1. The molecule has 1 aromatic carbocycles. The van der Waals surface area contributed by atoms with Crippen molar-refractivity contribution in [3.05, 3.63) is 38.9 Å². The maximum Gasteiger partial charge on any atom is 0.283 e. The monoisotopic (exact) mass is 333 g/mol. The quantitative estimate of drug-likeness (QED) is 0.681. The molecule has 0 unspecified atom stereocenters. The van der Waals surface area contributed by atoms with Gasteiger partial charge in [-0.2, -0.15) is 0 Å². The zero-order valence-corrected chi connectivity index (χ0v) is 13.1. The molecule has 1 amide bonds. The van der Waals surface area contributed by atoms with Gasteiger partial charge in [-0.15, -0.1) is 12.4 Å². The van der Waals surface area contributed by atoms with Crippen LogP contribution in [0.1, 0.15) is 23.2 Å². The molecule has 1 aliphatic rings. The summed E-state index contributed by atoms with van der Waals surface area (Å²) in [6.45, 7) is 1.15. The molecule has 0 atom stereocenters. The molecule has 0 bridgehead atoms. The number of carbonyl (C=O) groups is 1. The van der Waals surface area contributed by atoms with Crippen molar-refractivity contribution in [3.63, 3.8) is 0 Å². The Morgan fingerprint density at radius 3 is 2.57 bits per heavy atom. The fraction of sp³-hybridized carbons (Fsp3) is 0.462. The van der Waals surface area contributed by atoms with E-state index < -0.39 is 4.92 Å². The van der Waals surface area contributed by atoms with Gasteiger partial charge in [0, 0.05) is 25.2 Å². The Bertz CT molecular complexity index is 531. The second-order valence-electron chi connectivity index (χ2n) is 4.75. The van der Waals surface area contributed by atoms with Gasteiger partial charge in [0.15, 0.2) is 0 Å². The predicted molar refractivity (Wildman–Crippen MR) is 83.3 cm³/mol.